The van der Waals surface area contributed by atoms with Crippen molar-refractivity contribution in [3.8, 4) is 5.75 Å². The Morgan fingerprint density at radius 3 is 2.10 bits per heavy atom. The average molecular weight is 649 g/mol. The van der Waals surface area contributed by atoms with Crippen LogP contribution in [-0.2, 0) is 26.2 Å². The highest BCUT2D eigenvalue weighted by atomic mass is 79.9. The molecule has 11 heteroatoms. The zero-order chi connectivity index (χ0) is 30.4. The third kappa shape index (κ3) is 8.77. The third-order valence-electron chi connectivity index (χ3n) is 6.05. The van der Waals surface area contributed by atoms with Gasteiger partial charge in [0.05, 0.1) is 17.2 Å². The lowest BCUT2D eigenvalue weighted by Gasteiger charge is -2.33. The molecule has 0 aliphatic rings. The summed E-state index contributed by atoms with van der Waals surface area (Å²) in [7, 11) is -4.20. The molecule has 0 saturated heterocycles. The molecule has 0 aliphatic heterocycles. The third-order valence-corrected chi connectivity index (χ3v) is 8.36. The zero-order valence-electron chi connectivity index (χ0n) is 23.7. The van der Waals surface area contributed by atoms with Gasteiger partial charge in [-0.1, -0.05) is 28.1 Å². The predicted octanol–water partition coefficient (Wildman–Crippen LogP) is 5.51. The summed E-state index contributed by atoms with van der Waals surface area (Å²) in [5.41, 5.74) is 0.270. The number of carbonyl (C=O) groups is 2. The summed E-state index contributed by atoms with van der Waals surface area (Å²) in [5.74, 6) is -0.904. The van der Waals surface area contributed by atoms with Gasteiger partial charge in [-0.3, -0.25) is 13.9 Å². The van der Waals surface area contributed by atoms with Crippen molar-refractivity contribution >= 4 is 43.5 Å². The van der Waals surface area contributed by atoms with E-state index in [1.54, 1.807) is 43.3 Å². The molecule has 0 aliphatic carbocycles. The Morgan fingerprint density at radius 1 is 0.976 bits per heavy atom. The van der Waals surface area contributed by atoms with Gasteiger partial charge in [0.1, 0.15) is 24.2 Å². The van der Waals surface area contributed by atoms with E-state index in [0.29, 0.717) is 22.4 Å². The van der Waals surface area contributed by atoms with Gasteiger partial charge in [-0.15, -0.1) is 0 Å². The Hall–Kier alpha value is -3.44. The Labute approximate surface area is 249 Å². The summed E-state index contributed by atoms with van der Waals surface area (Å²) in [6.07, 6.45) is 0. The van der Waals surface area contributed by atoms with Crippen molar-refractivity contribution in [3.05, 3.63) is 88.6 Å². The van der Waals surface area contributed by atoms with Gasteiger partial charge in [0.15, 0.2) is 0 Å². The second kappa shape index (κ2) is 13.5. The minimum atomic E-state index is -4.20. The van der Waals surface area contributed by atoms with Crippen molar-refractivity contribution in [2.24, 2.45) is 0 Å². The van der Waals surface area contributed by atoms with E-state index in [1.165, 1.54) is 41.3 Å². The van der Waals surface area contributed by atoms with E-state index in [0.717, 1.165) is 4.31 Å². The van der Waals surface area contributed by atoms with Gasteiger partial charge in [0.25, 0.3) is 10.0 Å². The molecular formula is C30H35BrFN3O5S. The first kappa shape index (κ1) is 32.1. The summed E-state index contributed by atoms with van der Waals surface area (Å²) >= 11 is 3.32. The van der Waals surface area contributed by atoms with Crippen LogP contribution in [0.2, 0.25) is 0 Å². The molecule has 3 aromatic rings. The topological polar surface area (TPSA) is 96.0 Å². The number of nitrogens with zero attached hydrogens (tertiary/aromatic N) is 2. The average Bonchev–Trinajstić information content (AvgIpc) is 2.91. The highest BCUT2D eigenvalue weighted by Crippen LogP contribution is 2.27. The highest BCUT2D eigenvalue weighted by molar-refractivity contribution is 9.10. The summed E-state index contributed by atoms with van der Waals surface area (Å²) < 4.78 is 48.6. The van der Waals surface area contributed by atoms with E-state index in [1.807, 2.05) is 27.7 Å². The van der Waals surface area contributed by atoms with Gasteiger partial charge in [0, 0.05) is 16.6 Å². The number of hydrogen-bond acceptors (Lipinski definition) is 5. The minimum absolute atomic E-state index is 0.00834. The standard InChI is InChI=1S/C30H35BrFN3O5S/c1-6-40-26-15-13-25(14-16-26)35(41(38,39)27-17-9-23(31)10-18-27)20-28(36)34(19-22-7-11-24(32)12-8-22)21(2)29(37)33-30(3,4)5/h7-18,21H,6,19-20H2,1-5H3,(H,33,37). The van der Waals surface area contributed by atoms with Crippen molar-refractivity contribution < 1.29 is 27.1 Å². The first-order valence-corrected chi connectivity index (χ1v) is 15.3. The van der Waals surface area contributed by atoms with Gasteiger partial charge in [0.2, 0.25) is 11.8 Å². The number of hydrogen-bond donors (Lipinski definition) is 1. The minimum Gasteiger partial charge on any atom is -0.494 e. The number of carbonyl (C=O) groups excluding carboxylic acids is 2. The number of halogens is 2. The molecule has 2 amide bonds. The summed E-state index contributed by atoms with van der Waals surface area (Å²) in [5, 5.41) is 2.87. The van der Waals surface area contributed by atoms with Crippen molar-refractivity contribution in [2.75, 3.05) is 17.5 Å². The molecule has 1 atom stereocenters. The van der Waals surface area contributed by atoms with Crippen LogP contribution in [-0.4, -0.2) is 49.9 Å². The van der Waals surface area contributed by atoms with E-state index in [4.69, 9.17) is 4.74 Å². The SMILES string of the molecule is CCOc1ccc(N(CC(=O)N(Cc2ccc(F)cc2)C(C)C(=O)NC(C)(C)C)S(=O)(=O)c2ccc(Br)cc2)cc1. The monoisotopic (exact) mass is 647 g/mol. The molecule has 8 nitrogen and oxygen atoms in total. The smallest absolute Gasteiger partial charge is 0.264 e. The van der Waals surface area contributed by atoms with Crippen LogP contribution in [0, 0.1) is 5.82 Å². The van der Waals surface area contributed by atoms with Crippen molar-refractivity contribution in [2.45, 2.75) is 57.6 Å². The number of rotatable bonds is 11. The van der Waals surface area contributed by atoms with E-state index < -0.39 is 45.8 Å². The maximum absolute atomic E-state index is 13.9. The van der Waals surface area contributed by atoms with E-state index in [-0.39, 0.29) is 17.1 Å². The molecule has 0 fully saturated rings. The van der Waals surface area contributed by atoms with E-state index in [2.05, 4.69) is 21.2 Å². The lowest BCUT2D eigenvalue weighted by molar-refractivity contribution is -0.140. The molecule has 220 valence electrons. The quantitative estimate of drug-likeness (QED) is 0.296. The molecule has 3 rings (SSSR count). The summed E-state index contributed by atoms with van der Waals surface area (Å²) in [6.45, 7) is 8.70. The molecule has 1 unspecified atom stereocenters. The molecule has 0 saturated carbocycles. The molecule has 0 radical (unpaired) electrons. The highest BCUT2D eigenvalue weighted by Gasteiger charge is 2.33. The zero-order valence-corrected chi connectivity index (χ0v) is 26.1. The Kier molecular flexibility index (Phi) is 10.5. The normalized spacial score (nSPS) is 12.4. The van der Waals surface area contributed by atoms with Crippen LogP contribution < -0.4 is 14.4 Å². The number of benzene rings is 3. The number of anilines is 1. The predicted molar refractivity (Wildman–Crippen MR) is 161 cm³/mol. The molecule has 0 heterocycles. The van der Waals surface area contributed by atoms with Crippen LogP contribution in [0.3, 0.4) is 0 Å². The van der Waals surface area contributed by atoms with Gasteiger partial charge in [-0.2, -0.15) is 0 Å². The molecule has 3 aromatic carbocycles. The first-order chi connectivity index (χ1) is 19.2. The van der Waals surface area contributed by atoms with Gasteiger partial charge >= 0.3 is 0 Å². The van der Waals surface area contributed by atoms with E-state index in [9.17, 15) is 22.4 Å². The maximum atomic E-state index is 13.9. The summed E-state index contributed by atoms with van der Waals surface area (Å²) in [6, 6.07) is 17.1. The number of sulfonamides is 1. The number of ether oxygens (including phenoxy) is 1. The molecule has 0 aromatic heterocycles. The van der Waals surface area contributed by atoms with Crippen LogP contribution >= 0.6 is 15.9 Å². The maximum Gasteiger partial charge on any atom is 0.264 e. The fourth-order valence-electron chi connectivity index (χ4n) is 3.98. The van der Waals surface area contributed by atoms with Crippen molar-refractivity contribution in [1.82, 2.24) is 10.2 Å². The van der Waals surface area contributed by atoms with Crippen LogP contribution in [0.4, 0.5) is 10.1 Å². The fraction of sp³-hybridized carbons (Fsp3) is 0.333. The Bertz CT molecular complexity index is 1440. The van der Waals surface area contributed by atoms with Crippen molar-refractivity contribution in [1.29, 1.82) is 0 Å². The van der Waals surface area contributed by atoms with Crippen LogP contribution in [0.5, 0.6) is 5.75 Å². The molecule has 41 heavy (non-hydrogen) atoms. The molecule has 1 N–H and O–H groups in total. The molecule has 0 spiro atoms. The largest absolute Gasteiger partial charge is 0.494 e. The van der Waals surface area contributed by atoms with E-state index >= 15 is 0 Å². The number of nitrogens with one attached hydrogen (secondary N) is 1. The lowest BCUT2D eigenvalue weighted by Crippen LogP contribution is -2.54. The first-order valence-electron chi connectivity index (χ1n) is 13.1. The Balaban J connectivity index is 2.03. The second-order valence-electron chi connectivity index (χ2n) is 10.5. The van der Waals surface area contributed by atoms with Gasteiger partial charge < -0.3 is 15.0 Å². The van der Waals surface area contributed by atoms with Gasteiger partial charge in [-0.25, -0.2) is 12.8 Å². The van der Waals surface area contributed by atoms with Crippen LogP contribution in [0.1, 0.15) is 40.2 Å². The second-order valence-corrected chi connectivity index (χ2v) is 13.2. The van der Waals surface area contributed by atoms with Crippen molar-refractivity contribution in [3.63, 3.8) is 0 Å². The Morgan fingerprint density at radius 2 is 1.56 bits per heavy atom. The summed E-state index contributed by atoms with van der Waals surface area (Å²) in [4.78, 5) is 28.4. The van der Waals surface area contributed by atoms with Crippen LogP contribution in [0.25, 0.3) is 0 Å². The fourth-order valence-corrected chi connectivity index (χ4v) is 5.66. The van der Waals surface area contributed by atoms with Gasteiger partial charge in [-0.05, 0) is 101 Å². The van der Waals surface area contributed by atoms with Crippen LogP contribution in [0.15, 0.2) is 82.2 Å². The lowest BCUT2D eigenvalue weighted by atomic mass is 10.1. The number of amides is 2. The molecule has 0 bridgehead atoms. The molecular weight excluding hydrogens is 613 g/mol.